The summed E-state index contributed by atoms with van der Waals surface area (Å²) in [6.07, 6.45) is -3.72. The van der Waals surface area contributed by atoms with Crippen LogP contribution in [0.4, 0.5) is 29.7 Å². The lowest BCUT2D eigenvalue weighted by atomic mass is 10.1. The molecule has 8 nitrogen and oxygen atoms in total. The lowest BCUT2D eigenvalue weighted by Crippen LogP contribution is -2.32. The quantitative estimate of drug-likeness (QED) is 0.295. The molecule has 2 N–H and O–H groups in total. The Bertz CT molecular complexity index is 1220. The van der Waals surface area contributed by atoms with Gasteiger partial charge in [-0.1, -0.05) is 6.92 Å². The largest absolute Gasteiger partial charge is 0.416 e. The molecular weight excluding hydrogens is 471 g/mol. The number of benzene rings is 1. The number of thiazole rings is 1. The summed E-state index contributed by atoms with van der Waals surface area (Å²) in [7, 11) is 0. The van der Waals surface area contributed by atoms with Gasteiger partial charge in [0.1, 0.15) is 11.7 Å². The molecule has 0 bridgehead atoms. The Morgan fingerprint density at radius 1 is 1.29 bits per heavy atom. The molecule has 2 aromatic heterocycles. The van der Waals surface area contributed by atoms with E-state index in [0.717, 1.165) is 47.7 Å². The van der Waals surface area contributed by atoms with E-state index in [1.807, 2.05) is 25.3 Å². The summed E-state index contributed by atoms with van der Waals surface area (Å²) < 4.78 is 40.9. The monoisotopic (exact) mass is 495 g/mol. The molecule has 12 heteroatoms. The first-order valence-electron chi connectivity index (χ1n) is 10.5. The number of alkyl halides is 3. The lowest BCUT2D eigenvalue weighted by Gasteiger charge is -2.15. The van der Waals surface area contributed by atoms with Crippen molar-refractivity contribution in [1.82, 2.24) is 9.55 Å². The van der Waals surface area contributed by atoms with Crippen LogP contribution in [0.5, 0.6) is 0 Å². The van der Waals surface area contributed by atoms with E-state index in [2.05, 4.69) is 27.1 Å². The highest BCUT2D eigenvalue weighted by molar-refractivity contribution is 7.14. The molecule has 1 atom stereocenters. The van der Waals surface area contributed by atoms with Crippen LogP contribution in [-0.2, 0) is 17.5 Å². The predicted octanol–water partition coefficient (Wildman–Crippen LogP) is 6.00. The second kappa shape index (κ2) is 9.84. The number of carbonyl (C=O) groups is 1. The second-order valence-corrected chi connectivity index (χ2v) is 8.67. The number of nitro benzene ring substituents is 1. The van der Waals surface area contributed by atoms with Gasteiger partial charge >= 0.3 is 6.18 Å². The Balaban J connectivity index is 1.74. The van der Waals surface area contributed by atoms with Gasteiger partial charge in [-0.25, -0.2) is 4.98 Å². The van der Waals surface area contributed by atoms with Gasteiger partial charge in [0, 0.05) is 34.9 Å². The van der Waals surface area contributed by atoms with Crippen molar-refractivity contribution in [2.75, 3.05) is 10.6 Å². The maximum atomic E-state index is 12.9. The fourth-order valence-corrected chi connectivity index (χ4v) is 4.29. The third-order valence-electron chi connectivity index (χ3n) is 5.32. The summed E-state index contributed by atoms with van der Waals surface area (Å²) in [6, 6.07) is 3.17. The number of hydrogen-bond donors (Lipinski definition) is 2. The van der Waals surface area contributed by atoms with Crippen molar-refractivity contribution in [3.63, 3.8) is 0 Å². The molecule has 0 spiro atoms. The van der Waals surface area contributed by atoms with E-state index in [1.165, 1.54) is 18.3 Å². The molecule has 0 unspecified atom stereocenters. The van der Waals surface area contributed by atoms with Gasteiger partial charge in [0.25, 0.3) is 5.69 Å². The zero-order chi connectivity index (χ0) is 25.2. The Morgan fingerprint density at radius 2 is 2.00 bits per heavy atom. The van der Waals surface area contributed by atoms with Crippen molar-refractivity contribution in [2.24, 2.45) is 0 Å². The summed E-state index contributed by atoms with van der Waals surface area (Å²) in [6.45, 7) is 8.48. The fourth-order valence-electron chi connectivity index (χ4n) is 3.58. The standard InChI is InChI=1S/C22H24F3N5O3S/c1-5-8-29-12(2)9-16(14(29)4)18-11-34-21(27-18)28-20(31)13(3)26-17-7-6-15(22(23,24)25)10-19(17)30(32)33/h6-7,9-11,13,26H,5,8H2,1-4H3,(H,27,28,31)/t13-/m0/s1. The van der Waals surface area contributed by atoms with E-state index < -0.39 is 34.3 Å². The van der Waals surface area contributed by atoms with Crippen molar-refractivity contribution in [3.05, 3.63) is 56.7 Å². The molecule has 1 amide bonds. The maximum Gasteiger partial charge on any atom is 0.416 e. The summed E-state index contributed by atoms with van der Waals surface area (Å²) >= 11 is 1.23. The number of halogens is 3. The van der Waals surface area contributed by atoms with Gasteiger partial charge in [-0.3, -0.25) is 14.9 Å². The number of aryl methyl sites for hydroxylation is 1. The molecule has 3 rings (SSSR count). The highest BCUT2D eigenvalue weighted by atomic mass is 32.1. The molecule has 34 heavy (non-hydrogen) atoms. The first-order valence-corrected chi connectivity index (χ1v) is 11.4. The van der Waals surface area contributed by atoms with Gasteiger partial charge in [-0.15, -0.1) is 11.3 Å². The van der Waals surface area contributed by atoms with Crippen LogP contribution < -0.4 is 10.6 Å². The van der Waals surface area contributed by atoms with Crippen LogP contribution in [-0.4, -0.2) is 26.4 Å². The molecule has 0 fully saturated rings. The molecule has 182 valence electrons. The first kappa shape index (κ1) is 25.2. The predicted molar refractivity (Wildman–Crippen MR) is 125 cm³/mol. The van der Waals surface area contributed by atoms with Crippen molar-refractivity contribution < 1.29 is 22.9 Å². The van der Waals surface area contributed by atoms with Crippen LogP contribution in [0.25, 0.3) is 11.3 Å². The molecule has 2 heterocycles. The molecule has 3 aromatic rings. The first-order chi connectivity index (χ1) is 15.9. The third-order valence-corrected chi connectivity index (χ3v) is 6.08. The van der Waals surface area contributed by atoms with Crippen LogP contribution in [0.3, 0.4) is 0 Å². The van der Waals surface area contributed by atoms with Crippen LogP contribution in [0.2, 0.25) is 0 Å². The topological polar surface area (TPSA) is 102 Å². The van der Waals surface area contributed by atoms with Gasteiger partial charge < -0.3 is 15.2 Å². The average molecular weight is 496 g/mol. The smallest absolute Gasteiger partial charge is 0.368 e. The van der Waals surface area contributed by atoms with Gasteiger partial charge in [0.15, 0.2) is 5.13 Å². The Labute approximate surface area is 198 Å². The summed E-state index contributed by atoms with van der Waals surface area (Å²) in [4.78, 5) is 27.4. The van der Waals surface area contributed by atoms with Crippen molar-refractivity contribution in [2.45, 2.75) is 52.9 Å². The van der Waals surface area contributed by atoms with Crippen molar-refractivity contribution in [3.8, 4) is 11.3 Å². The van der Waals surface area contributed by atoms with Crippen molar-refractivity contribution >= 4 is 33.8 Å². The number of anilines is 2. The van der Waals surface area contributed by atoms with E-state index in [9.17, 15) is 28.1 Å². The molecule has 0 saturated carbocycles. The van der Waals surface area contributed by atoms with E-state index in [-0.39, 0.29) is 5.69 Å². The number of nitrogens with zero attached hydrogens (tertiary/aromatic N) is 3. The number of hydrogen-bond acceptors (Lipinski definition) is 6. The molecule has 0 radical (unpaired) electrons. The molecule has 0 aliphatic carbocycles. The fraction of sp³-hybridized carbons (Fsp3) is 0.364. The van der Waals surface area contributed by atoms with Crippen LogP contribution in [0, 0.1) is 24.0 Å². The minimum Gasteiger partial charge on any atom is -0.368 e. The van der Waals surface area contributed by atoms with E-state index >= 15 is 0 Å². The lowest BCUT2D eigenvalue weighted by molar-refractivity contribution is -0.384. The number of rotatable bonds is 8. The molecule has 0 aliphatic rings. The Kier molecular flexibility index (Phi) is 7.29. The summed E-state index contributed by atoms with van der Waals surface area (Å²) in [5.41, 5.74) is 1.77. The van der Waals surface area contributed by atoms with Gasteiger partial charge in [-0.2, -0.15) is 13.2 Å². The minimum absolute atomic E-state index is 0.191. The highest BCUT2D eigenvalue weighted by Crippen LogP contribution is 2.35. The number of nitro groups is 1. The minimum atomic E-state index is -4.72. The maximum absolute atomic E-state index is 12.9. The number of nitrogens with one attached hydrogen (secondary N) is 2. The van der Waals surface area contributed by atoms with Crippen LogP contribution in [0.1, 0.15) is 37.2 Å². The molecular formula is C22H24F3N5O3S. The summed E-state index contributed by atoms with van der Waals surface area (Å²) in [5, 5.41) is 18.7. The van der Waals surface area contributed by atoms with E-state index in [4.69, 9.17) is 0 Å². The molecule has 1 aromatic carbocycles. The van der Waals surface area contributed by atoms with Crippen molar-refractivity contribution in [1.29, 1.82) is 0 Å². The second-order valence-electron chi connectivity index (χ2n) is 7.82. The number of carbonyl (C=O) groups excluding carboxylic acids is 1. The van der Waals surface area contributed by atoms with Gasteiger partial charge in [0.2, 0.25) is 5.91 Å². The van der Waals surface area contributed by atoms with E-state index in [0.29, 0.717) is 11.2 Å². The van der Waals surface area contributed by atoms with Crippen LogP contribution >= 0.6 is 11.3 Å². The highest BCUT2D eigenvalue weighted by Gasteiger charge is 2.33. The molecule has 0 saturated heterocycles. The Hall–Kier alpha value is -3.41. The SMILES string of the molecule is CCCn1c(C)cc(-c2csc(NC(=O)[C@H](C)Nc3ccc(C(F)(F)F)cc3[N+](=O)[O-])n2)c1C. The van der Waals surface area contributed by atoms with Gasteiger partial charge in [-0.05, 0) is 45.4 Å². The zero-order valence-electron chi connectivity index (χ0n) is 19.0. The molecule has 0 aliphatic heterocycles. The average Bonchev–Trinajstić information content (AvgIpc) is 3.32. The third kappa shape index (κ3) is 5.38. The van der Waals surface area contributed by atoms with Gasteiger partial charge in [0.05, 0.1) is 16.2 Å². The zero-order valence-corrected chi connectivity index (χ0v) is 19.8. The van der Waals surface area contributed by atoms with E-state index in [1.54, 1.807) is 0 Å². The normalized spacial score (nSPS) is 12.4. The summed E-state index contributed by atoms with van der Waals surface area (Å²) in [5.74, 6) is -0.536. The Morgan fingerprint density at radius 3 is 2.62 bits per heavy atom. The number of amides is 1. The van der Waals surface area contributed by atoms with Crippen LogP contribution in [0.15, 0.2) is 29.6 Å². The number of aromatic nitrogens is 2.